The molecule has 1 N–H and O–H groups in total. The Morgan fingerprint density at radius 2 is 2.07 bits per heavy atom. The smallest absolute Gasteiger partial charge is 0.406 e. The van der Waals surface area contributed by atoms with Gasteiger partial charge in [-0.15, -0.1) is 13.2 Å². The van der Waals surface area contributed by atoms with E-state index in [0.29, 0.717) is 5.56 Å². The second-order valence-corrected chi connectivity index (χ2v) is 3.00. The van der Waals surface area contributed by atoms with Crippen LogP contribution >= 0.6 is 0 Å². The van der Waals surface area contributed by atoms with Crippen molar-refractivity contribution in [2.45, 2.75) is 12.3 Å². The Morgan fingerprint density at radius 3 is 2.60 bits per heavy atom. The molecule has 0 aliphatic carbocycles. The van der Waals surface area contributed by atoms with Crippen LogP contribution in [0.2, 0.25) is 0 Å². The van der Waals surface area contributed by atoms with Gasteiger partial charge >= 0.3 is 6.36 Å². The average molecular weight is 219 g/mol. The zero-order chi connectivity index (χ0) is 11.5. The van der Waals surface area contributed by atoms with Gasteiger partial charge in [-0.2, -0.15) is 0 Å². The van der Waals surface area contributed by atoms with Crippen LogP contribution in [-0.2, 0) is 0 Å². The molecule has 1 aromatic carbocycles. The first kappa shape index (κ1) is 11.8. The lowest BCUT2D eigenvalue weighted by molar-refractivity contribution is -0.274. The summed E-state index contributed by atoms with van der Waals surface area (Å²) in [4.78, 5) is 0. The van der Waals surface area contributed by atoms with E-state index in [1.54, 1.807) is 6.07 Å². The molecule has 0 heterocycles. The second kappa shape index (κ2) is 4.53. The molecule has 0 aromatic heterocycles. The SMILES string of the molecule is [CH2]C(CO)c1cccc(OC(F)(F)F)c1. The second-order valence-electron chi connectivity index (χ2n) is 3.00. The number of hydrogen-bond acceptors (Lipinski definition) is 2. The highest BCUT2D eigenvalue weighted by Gasteiger charge is 2.31. The highest BCUT2D eigenvalue weighted by molar-refractivity contribution is 5.31. The van der Waals surface area contributed by atoms with Gasteiger partial charge in [-0.1, -0.05) is 12.1 Å². The summed E-state index contributed by atoms with van der Waals surface area (Å²) in [5.74, 6) is -0.760. The Labute approximate surface area is 85.3 Å². The van der Waals surface area contributed by atoms with E-state index in [9.17, 15) is 13.2 Å². The van der Waals surface area contributed by atoms with E-state index in [1.165, 1.54) is 18.2 Å². The first-order valence-corrected chi connectivity index (χ1v) is 4.22. The van der Waals surface area contributed by atoms with Crippen LogP contribution in [0.4, 0.5) is 13.2 Å². The first-order valence-electron chi connectivity index (χ1n) is 4.22. The van der Waals surface area contributed by atoms with Crippen LogP contribution in [0, 0.1) is 6.92 Å². The molecule has 15 heavy (non-hydrogen) atoms. The molecule has 0 saturated heterocycles. The van der Waals surface area contributed by atoms with Gasteiger partial charge < -0.3 is 9.84 Å². The normalized spacial score (nSPS) is 13.7. The third kappa shape index (κ3) is 3.79. The highest BCUT2D eigenvalue weighted by Crippen LogP contribution is 2.25. The number of halogens is 3. The molecule has 1 unspecified atom stereocenters. The van der Waals surface area contributed by atoms with Crippen LogP contribution in [0.15, 0.2) is 24.3 Å². The fourth-order valence-electron chi connectivity index (χ4n) is 1.07. The maximum absolute atomic E-state index is 11.9. The summed E-state index contributed by atoms with van der Waals surface area (Å²) in [7, 11) is 0. The summed E-state index contributed by atoms with van der Waals surface area (Å²) in [5.41, 5.74) is 0.499. The molecular weight excluding hydrogens is 209 g/mol. The van der Waals surface area contributed by atoms with E-state index < -0.39 is 12.3 Å². The number of aliphatic hydroxyl groups excluding tert-OH is 1. The van der Waals surface area contributed by atoms with Crippen molar-refractivity contribution in [1.82, 2.24) is 0 Å². The van der Waals surface area contributed by atoms with Crippen LogP contribution in [0.1, 0.15) is 11.5 Å². The number of benzene rings is 1. The zero-order valence-electron chi connectivity index (χ0n) is 7.79. The van der Waals surface area contributed by atoms with E-state index >= 15 is 0 Å². The molecule has 1 radical (unpaired) electrons. The predicted molar refractivity (Wildman–Crippen MR) is 48.3 cm³/mol. The predicted octanol–water partition coefficient (Wildman–Crippen LogP) is 2.50. The van der Waals surface area contributed by atoms with E-state index in [0.717, 1.165) is 0 Å². The quantitative estimate of drug-likeness (QED) is 0.846. The fourth-order valence-corrected chi connectivity index (χ4v) is 1.07. The molecule has 0 saturated carbocycles. The Balaban J connectivity index is 2.83. The lowest BCUT2D eigenvalue weighted by Crippen LogP contribution is -2.17. The van der Waals surface area contributed by atoms with Crippen LogP contribution in [0.25, 0.3) is 0 Å². The van der Waals surface area contributed by atoms with Gasteiger partial charge in [0, 0.05) is 12.5 Å². The van der Waals surface area contributed by atoms with Crippen molar-refractivity contribution in [1.29, 1.82) is 0 Å². The van der Waals surface area contributed by atoms with Crippen molar-refractivity contribution in [3.05, 3.63) is 36.8 Å². The molecule has 0 spiro atoms. The molecule has 0 aliphatic rings. The standard InChI is InChI=1S/C10H10F3O2/c1-7(6-14)8-3-2-4-9(5-8)15-10(11,12)13/h2-5,7,14H,1,6H2. The van der Waals surface area contributed by atoms with Gasteiger partial charge in [-0.25, -0.2) is 0 Å². The van der Waals surface area contributed by atoms with Crippen LogP contribution in [0.3, 0.4) is 0 Å². The Morgan fingerprint density at radius 1 is 1.40 bits per heavy atom. The van der Waals surface area contributed by atoms with E-state index in [2.05, 4.69) is 11.7 Å². The maximum Gasteiger partial charge on any atom is 0.573 e. The van der Waals surface area contributed by atoms with E-state index in [4.69, 9.17) is 5.11 Å². The van der Waals surface area contributed by atoms with Gasteiger partial charge in [0.15, 0.2) is 0 Å². The van der Waals surface area contributed by atoms with E-state index in [-0.39, 0.29) is 12.4 Å². The minimum Gasteiger partial charge on any atom is -0.406 e. The summed E-state index contributed by atoms with van der Waals surface area (Å²) < 4.78 is 39.3. The Kier molecular flexibility index (Phi) is 3.57. The van der Waals surface area contributed by atoms with Crippen molar-refractivity contribution >= 4 is 0 Å². The molecule has 0 aliphatic heterocycles. The molecule has 83 valence electrons. The minimum atomic E-state index is -4.70. The summed E-state index contributed by atoms with van der Waals surface area (Å²) in [6.07, 6.45) is -4.70. The maximum atomic E-state index is 11.9. The van der Waals surface area contributed by atoms with Gasteiger partial charge in [0.05, 0.1) is 0 Å². The monoisotopic (exact) mass is 219 g/mol. The number of ether oxygens (including phenoxy) is 1. The lowest BCUT2D eigenvalue weighted by atomic mass is 10.0. The molecule has 2 nitrogen and oxygen atoms in total. The van der Waals surface area contributed by atoms with Crippen molar-refractivity contribution in [3.63, 3.8) is 0 Å². The molecule has 1 aromatic rings. The van der Waals surface area contributed by atoms with Gasteiger partial charge in [-0.05, 0) is 24.6 Å². The number of rotatable bonds is 3. The summed E-state index contributed by atoms with van der Waals surface area (Å²) in [6, 6.07) is 5.41. The third-order valence-electron chi connectivity index (χ3n) is 1.78. The minimum absolute atomic E-state index is 0.227. The largest absolute Gasteiger partial charge is 0.573 e. The summed E-state index contributed by atoms with van der Waals surface area (Å²) in [6.45, 7) is 3.35. The van der Waals surface area contributed by atoms with Gasteiger partial charge in [0.25, 0.3) is 0 Å². The Bertz CT molecular complexity index is 323. The molecule has 0 bridgehead atoms. The topological polar surface area (TPSA) is 29.5 Å². The summed E-state index contributed by atoms with van der Waals surface area (Å²) in [5, 5.41) is 8.79. The molecule has 0 fully saturated rings. The van der Waals surface area contributed by atoms with Crippen LogP contribution in [0.5, 0.6) is 5.75 Å². The Hall–Kier alpha value is -1.23. The average Bonchev–Trinajstić information content (AvgIpc) is 2.14. The fraction of sp³-hybridized carbons (Fsp3) is 0.300. The molecule has 1 rings (SSSR count). The van der Waals surface area contributed by atoms with E-state index in [1.807, 2.05) is 0 Å². The lowest BCUT2D eigenvalue weighted by Gasteiger charge is -2.12. The van der Waals surface area contributed by atoms with Crippen molar-refractivity contribution < 1.29 is 23.0 Å². The van der Waals surface area contributed by atoms with Gasteiger partial charge in [0.2, 0.25) is 0 Å². The van der Waals surface area contributed by atoms with Crippen LogP contribution < -0.4 is 4.74 Å². The van der Waals surface area contributed by atoms with Crippen molar-refractivity contribution in [3.8, 4) is 5.75 Å². The molecular formula is C10H10F3O2. The first-order chi connectivity index (χ1) is 6.92. The number of alkyl halides is 3. The molecule has 1 atom stereocenters. The number of hydrogen-bond donors (Lipinski definition) is 1. The number of aliphatic hydroxyl groups is 1. The van der Waals surface area contributed by atoms with Crippen LogP contribution in [-0.4, -0.2) is 18.1 Å². The third-order valence-corrected chi connectivity index (χ3v) is 1.78. The van der Waals surface area contributed by atoms with Crippen molar-refractivity contribution in [2.75, 3.05) is 6.61 Å². The van der Waals surface area contributed by atoms with Gasteiger partial charge in [-0.3, -0.25) is 0 Å². The highest BCUT2D eigenvalue weighted by atomic mass is 19.4. The van der Waals surface area contributed by atoms with Crippen molar-refractivity contribution in [2.24, 2.45) is 0 Å². The molecule has 5 heteroatoms. The zero-order valence-corrected chi connectivity index (χ0v) is 7.79. The summed E-state index contributed by atoms with van der Waals surface area (Å²) >= 11 is 0. The molecule has 0 amide bonds. The van der Waals surface area contributed by atoms with Gasteiger partial charge in [0.1, 0.15) is 5.75 Å².